The number of aryl methyl sites for hydroxylation is 1. The minimum absolute atomic E-state index is 0.293. The monoisotopic (exact) mass is 365 g/mol. The average Bonchev–Trinajstić information content (AvgIpc) is 3.09. The second kappa shape index (κ2) is 7.51. The number of benzene rings is 2. The molecule has 136 valence electrons. The van der Waals surface area contributed by atoms with Crippen LogP contribution in [0.15, 0.2) is 48.5 Å². The van der Waals surface area contributed by atoms with Crippen molar-refractivity contribution in [1.82, 2.24) is 20.2 Å². The van der Waals surface area contributed by atoms with Crippen molar-refractivity contribution in [3.63, 3.8) is 0 Å². The minimum Gasteiger partial charge on any atom is -0.355 e. The maximum atomic E-state index is 12.7. The second-order valence-corrected chi connectivity index (χ2v) is 5.50. The molecular weight excluding hydrogens is 350 g/mol. The number of nitrogens with zero attached hydrogens (tertiary/aromatic N) is 4. The van der Waals surface area contributed by atoms with E-state index in [1.54, 1.807) is 24.3 Å². The fraction of sp³-hybridized carbons (Fsp3) is 0.235. The number of hydrogen-bond acceptors (Lipinski definition) is 4. The topological polar surface area (TPSA) is 55.6 Å². The van der Waals surface area contributed by atoms with E-state index in [4.69, 9.17) is 0 Å². The number of hydrogen-bond donors (Lipinski definition) is 1. The fourth-order valence-corrected chi connectivity index (χ4v) is 2.33. The highest BCUT2D eigenvalue weighted by Gasteiger charge is 2.29. The lowest BCUT2D eigenvalue weighted by Crippen LogP contribution is -2.04. The summed E-state index contributed by atoms with van der Waals surface area (Å²) in [6.45, 7) is -0.152. The third-order valence-corrected chi connectivity index (χ3v) is 3.60. The summed E-state index contributed by atoms with van der Waals surface area (Å²) in [7, 11) is 0. The van der Waals surface area contributed by atoms with Gasteiger partial charge in [0.25, 0.3) is 0 Å². The van der Waals surface area contributed by atoms with Crippen molar-refractivity contribution in [3.8, 4) is 11.4 Å². The zero-order valence-corrected chi connectivity index (χ0v) is 13.5. The van der Waals surface area contributed by atoms with Crippen molar-refractivity contribution >= 4 is 11.4 Å². The smallest absolute Gasteiger partial charge is 0.355 e. The maximum absolute atomic E-state index is 12.7. The Labute approximate surface area is 146 Å². The molecule has 0 fully saturated rings. The predicted octanol–water partition coefficient (Wildman–Crippen LogP) is 4.46. The molecule has 9 heteroatoms. The third kappa shape index (κ3) is 4.16. The van der Waals surface area contributed by atoms with E-state index in [9.17, 15) is 17.6 Å². The number of anilines is 2. The molecule has 0 aliphatic carbocycles. The van der Waals surface area contributed by atoms with Crippen LogP contribution in [0.25, 0.3) is 11.4 Å². The van der Waals surface area contributed by atoms with Gasteiger partial charge in [0, 0.05) is 16.9 Å². The van der Waals surface area contributed by atoms with E-state index in [2.05, 4.69) is 20.7 Å². The predicted molar refractivity (Wildman–Crippen MR) is 88.6 cm³/mol. The van der Waals surface area contributed by atoms with Crippen molar-refractivity contribution in [3.05, 3.63) is 54.1 Å². The SMILES string of the molecule is FCCCn1nnc(-c2ccccc2Nc2ccc(C(F)(F)F)cc2)n1. The highest BCUT2D eigenvalue weighted by atomic mass is 19.4. The Bertz CT molecular complexity index is 858. The van der Waals surface area contributed by atoms with E-state index >= 15 is 0 Å². The van der Waals surface area contributed by atoms with Gasteiger partial charge in [-0.05, 0) is 48.0 Å². The number of tetrazole rings is 1. The normalized spacial score (nSPS) is 11.5. The first-order valence-electron chi connectivity index (χ1n) is 7.85. The third-order valence-electron chi connectivity index (χ3n) is 3.60. The summed E-state index contributed by atoms with van der Waals surface area (Å²) in [6, 6.07) is 11.8. The highest BCUT2D eigenvalue weighted by molar-refractivity contribution is 5.77. The van der Waals surface area contributed by atoms with E-state index < -0.39 is 18.4 Å². The fourth-order valence-electron chi connectivity index (χ4n) is 2.33. The highest BCUT2D eigenvalue weighted by Crippen LogP contribution is 2.32. The lowest BCUT2D eigenvalue weighted by atomic mass is 10.1. The molecule has 0 atom stereocenters. The zero-order valence-electron chi connectivity index (χ0n) is 13.5. The Morgan fingerprint density at radius 1 is 1.00 bits per heavy atom. The summed E-state index contributed by atoms with van der Waals surface area (Å²) in [5.41, 5.74) is 1.04. The molecule has 0 spiro atoms. The lowest BCUT2D eigenvalue weighted by molar-refractivity contribution is -0.137. The van der Waals surface area contributed by atoms with Gasteiger partial charge < -0.3 is 5.32 Å². The summed E-state index contributed by atoms with van der Waals surface area (Å²) in [5.74, 6) is 0.346. The standard InChI is InChI=1S/C17H15F4N5/c18-10-3-11-26-24-16(23-25-26)14-4-1-2-5-15(14)22-13-8-6-12(7-9-13)17(19,20)21/h1-2,4-9,22H,3,10-11H2. The summed E-state index contributed by atoms with van der Waals surface area (Å²) < 4.78 is 50.2. The number of para-hydroxylation sites is 1. The van der Waals surface area contributed by atoms with E-state index in [1.807, 2.05) is 0 Å². The molecular formula is C17H15F4N5. The van der Waals surface area contributed by atoms with Crippen LogP contribution in [0.4, 0.5) is 28.9 Å². The van der Waals surface area contributed by atoms with E-state index in [0.717, 1.165) is 12.1 Å². The molecule has 3 aromatic rings. The van der Waals surface area contributed by atoms with Gasteiger partial charge in [0.05, 0.1) is 18.8 Å². The molecule has 1 heterocycles. The van der Waals surface area contributed by atoms with Gasteiger partial charge in [-0.2, -0.15) is 18.0 Å². The van der Waals surface area contributed by atoms with Gasteiger partial charge in [-0.25, -0.2) is 0 Å². The quantitative estimate of drug-likeness (QED) is 0.655. The molecule has 5 nitrogen and oxygen atoms in total. The van der Waals surface area contributed by atoms with Crippen molar-refractivity contribution in [1.29, 1.82) is 0 Å². The van der Waals surface area contributed by atoms with Crippen molar-refractivity contribution in [2.75, 3.05) is 12.0 Å². The van der Waals surface area contributed by atoms with Crippen LogP contribution in [0.3, 0.4) is 0 Å². The molecule has 26 heavy (non-hydrogen) atoms. The first kappa shape index (κ1) is 17.8. The average molecular weight is 365 g/mol. The van der Waals surface area contributed by atoms with Crippen molar-refractivity contribution in [2.24, 2.45) is 0 Å². The summed E-state index contributed by atoms with van der Waals surface area (Å²) >= 11 is 0. The second-order valence-electron chi connectivity index (χ2n) is 5.50. The van der Waals surface area contributed by atoms with Crippen LogP contribution in [0.1, 0.15) is 12.0 Å². The molecule has 0 aliphatic heterocycles. The molecule has 0 unspecified atom stereocenters. The molecule has 3 rings (SSSR count). The molecule has 0 bridgehead atoms. The number of rotatable bonds is 6. The number of nitrogens with one attached hydrogen (secondary N) is 1. The molecule has 1 aromatic heterocycles. The van der Waals surface area contributed by atoms with Crippen LogP contribution < -0.4 is 5.32 Å². The minimum atomic E-state index is -4.38. The molecule has 0 saturated carbocycles. The molecule has 2 aromatic carbocycles. The van der Waals surface area contributed by atoms with Crippen LogP contribution in [0.5, 0.6) is 0 Å². The van der Waals surface area contributed by atoms with Crippen molar-refractivity contribution in [2.45, 2.75) is 19.1 Å². The Balaban J connectivity index is 1.82. The van der Waals surface area contributed by atoms with Crippen LogP contribution in [0, 0.1) is 0 Å². The Morgan fingerprint density at radius 3 is 2.42 bits per heavy atom. The molecule has 0 radical (unpaired) electrons. The van der Waals surface area contributed by atoms with Gasteiger partial charge in [0.1, 0.15) is 0 Å². The van der Waals surface area contributed by atoms with Crippen LogP contribution in [-0.4, -0.2) is 26.9 Å². The van der Waals surface area contributed by atoms with E-state index in [1.165, 1.54) is 16.9 Å². The molecule has 0 saturated heterocycles. The summed E-state index contributed by atoms with van der Waals surface area (Å²) in [4.78, 5) is 1.31. The van der Waals surface area contributed by atoms with Gasteiger partial charge in [0.15, 0.2) is 0 Å². The van der Waals surface area contributed by atoms with Crippen LogP contribution in [-0.2, 0) is 12.7 Å². The Kier molecular flexibility index (Phi) is 5.15. The van der Waals surface area contributed by atoms with E-state index in [-0.39, 0.29) is 0 Å². The zero-order chi connectivity index (χ0) is 18.6. The van der Waals surface area contributed by atoms with Crippen LogP contribution >= 0.6 is 0 Å². The van der Waals surface area contributed by atoms with Gasteiger partial charge in [0.2, 0.25) is 5.82 Å². The molecule has 0 amide bonds. The largest absolute Gasteiger partial charge is 0.416 e. The van der Waals surface area contributed by atoms with Gasteiger partial charge in [-0.15, -0.1) is 10.2 Å². The van der Waals surface area contributed by atoms with Gasteiger partial charge >= 0.3 is 6.18 Å². The van der Waals surface area contributed by atoms with Gasteiger partial charge in [-0.3, -0.25) is 4.39 Å². The summed E-state index contributed by atoms with van der Waals surface area (Å²) in [5, 5.41) is 15.1. The first-order valence-corrected chi connectivity index (χ1v) is 7.85. The Hall–Kier alpha value is -2.97. The number of halogens is 4. The van der Waals surface area contributed by atoms with E-state index in [0.29, 0.717) is 35.7 Å². The van der Waals surface area contributed by atoms with Crippen LogP contribution in [0.2, 0.25) is 0 Å². The number of aromatic nitrogens is 4. The van der Waals surface area contributed by atoms with Crippen molar-refractivity contribution < 1.29 is 17.6 Å². The Morgan fingerprint density at radius 2 is 1.73 bits per heavy atom. The van der Waals surface area contributed by atoms with Gasteiger partial charge in [-0.1, -0.05) is 12.1 Å². The molecule has 0 aliphatic rings. The first-order chi connectivity index (χ1) is 12.5. The summed E-state index contributed by atoms with van der Waals surface area (Å²) in [6.07, 6.45) is -4.08. The maximum Gasteiger partial charge on any atom is 0.416 e. The lowest BCUT2D eigenvalue weighted by Gasteiger charge is -2.11. The number of alkyl halides is 4. The molecule has 1 N–H and O–H groups in total.